The Labute approximate surface area is 132 Å². The third-order valence-corrected chi connectivity index (χ3v) is 3.33. The Hall–Kier alpha value is -2.19. The van der Waals surface area contributed by atoms with Gasteiger partial charge < -0.3 is 15.8 Å². The van der Waals surface area contributed by atoms with Crippen molar-refractivity contribution in [1.29, 1.82) is 5.26 Å². The molecule has 0 radical (unpaired) electrons. The fraction of sp³-hybridized carbons (Fsp3) is 0.188. The van der Waals surface area contributed by atoms with E-state index >= 15 is 0 Å². The first-order valence-electron chi connectivity index (χ1n) is 6.52. The van der Waals surface area contributed by atoms with Crippen molar-refractivity contribution >= 4 is 33.0 Å². The number of halogens is 1. The average Bonchev–Trinajstić information content (AvgIpc) is 2.39. The van der Waals surface area contributed by atoms with Crippen LogP contribution in [0.25, 0.3) is 0 Å². The van der Waals surface area contributed by atoms with Crippen molar-refractivity contribution in [2.75, 3.05) is 11.1 Å². The smallest absolute Gasteiger partial charge is 0.123 e. The van der Waals surface area contributed by atoms with Gasteiger partial charge in [-0.2, -0.15) is 5.26 Å². The molecule has 4 nitrogen and oxygen atoms in total. The molecule has 0 fully saturated rings. The molecule has 2 rings (SSSR count). The molecule has 0 atom stereocenters. The van der Waals surface area contributed by atoms with Crippen LogP contribution in [0.3, 0.4) is 0 Å². The van der Waals surface area contributed by atoms with Crippen molar-refractivity contribution in [2.24, 2.45) is 0 Å². The monoisotopic (exact) mass is 345 g/mol. The molecule has 21 heavy (non-hydrogen) atoms. The molecular formula is C16H16BrN3O. The number of hydrogen-bond donors (Lipinski definition) is 2. The summed E-state index contributed by atoms with van der Waals surface area (Å²) in [6.07, 6.45) is 0.0845. The zero-order chi connectivity index (χ0) is 15.4. The van der Waals surface area contributed by atoms with Crippen molar-refractivity contribution in [3.63, 3.8) is 0 Å². The van der Waals surface area contributed by atoms with E-state index in [1.165, 1.54) is 0 Å². The number of nitrogens with zero attached hydrogens (tertiary/aromatic N) is 1. The van der Waals surface area contributed by atoms with Crippen molar-refractivity contribution in [3.8, 4) is 11.8 Å². The molecule has 0 aliphatic carbocycles. The van der Waals surface area contributed by atoms with E-state index in [0.717, 1.165) is 21.6 Å². The molecule has 5 heteroatoms. The molecule has 0 amide bonds. The molecule has 108 valence electrons. The highest BCUT2D eigenvalue weighted by Gasteiger charge is 2.05. The Morgan fingerprint density at radius 3 is 2.62 bits per heavy atom. The normalized spacial score (nSPS) is 10.2. The second-order valence-electron chi connectivity index (χ2n) is 4.89. The molecule has 0 heterocycles. The van der Waals surface area contributed by atoms with Crippen LogP contribution in [0.1, 0.15) is 19.4 Å². The largest absolute Gasteiger partial charge is 0.491 e. The lowest BCUT2D eigenvalue weighted by Gasteiger charge is -2.14. The molecule has 0 aromatic heterocycles. The summed E-state index contributed by atoms with van der Waals surface area (Å²) in [5.41, 5.74) is 8.81. The average molecular weight is 346 g/mol. The van der Waals surface area contributed by atoms with Crippen LogP contribution in [0.15, 0.2) is 40.9 Å². The highest BCUT2D eigenvalue weighted by molar-refractivity contribution is 9.10. The number of ether oxygens (including phenoxy) is 1. The van der Waals surface area contributed by atoms with Crippen molar-refractivity contribution in [3.05, 3.63) is 46.4 Å². The van der Waals surface area contributed by atoms with Crippen molar-refractivity contribution in [1.82, 2.24) is 0 Å². The minimum absolute atomic E-state index is 0.0845. The first-order chi connectivity index (χ1) is 9.97. The van der Waals surface area contributed by atoms with E-state index in [1.54, 1.807) is 18.2 Å². The predicted octanol–water partition coefficient (Wildman–Crippen LogP) is 4.43. The van der Waals surface area contributed by atoms with Gasteiger partial charge in [0.05, 0.1) is 23.4 Å². The molecule has 0 bridgehead atoms. The van der Waals surface area contributed by atoms with Crippen LogP contribution in [0.2, 0.25) is 0 Å². The summed E-state index contributed by atoms with van der Waals surface area (Å²) in [6, 6.07) is 13.0. The molecule has 0 aliphatic rings. The number of hydrogen-bond acceptors (Lipinski definition) is 4. The quantitative estimate of drug-likeness (QED) is 0.803. The van der Waals surface area contributed by atoms with Gasteiger partial charge in [-0.25, -0.2) is 0 Å². The van der Waals surface area contributed by atoms with Gasteiger partial charge in [-0.05, 0) is 54.0 Å². The first-order valence-corrected chi connectivity index (χ1v) is 7.31. The van der Waals surface area contributed by atoms with Gasteiger partial charge in [0, 0.05) is 28.0 Å². The fourth-order valence-electron chi connectivity index (χ4n) is 1.88. The lowest BCUT2D eigenvalue weighted by atomic mass is 10.2. The van der Waals surface area contributed by atoms with E-state index in [2.05, 4.69) is 27.3 Å². The summed E-state index contributed by atoms with van der Waals surface area (Å²) in [5, 5.41) is 12.1. The summed E-state index contributed by atoms with van der Waals surface area (Å²) in [6.45, 7) is 3.93. The number of rotatable bonds is 4. The summed E-state index contributed by atoms with van der Waals surface area (Å²) in [4.78, 5) is 0. The third kappa shape index (κ3) is 4.14. The first kappa shape index (κ1) is 15.2. The molecule has 0 saturated heterocycles. The fourth-order valence-corrected chi connectivity index (χ4v) is 2.35. The van der Waals surface area contributed by atoms with Crippen LogP contribution in [-0.2, 0) is 0 Å². The second kappa shape index (κ2) is 6.51. The number of nitriles is 1. The number of nitrogens with two attached hydrogens (primary N) is 1. The number of nitrogens with one attached hydrogen (secondary N) is 1. The zero-order valence-corrected chi connectivity index (χ0v) is 13.4. The van der Waals surface area contributed by atoms with Crippen LogP contribution in [0, 0.1) is 11.3 Å². The Bertz CT molecular complexity index is 692. The second-order valence-corrected chi connectivity index (χ2v) is 5.74. The molecule has 3 N–H and O–H groups in total. The third-order valence-electron chi connectivity index (χ3n) is 2.68. The number of nitrogen functional groups attached to an aromatic ring is 1. The highest BCUT2D eigenvalue weighted by Crippen LogP contribution is 2.30. The van der Waals surface area contributed by atoms with Gasteiger partial charge in [0.2, 0.25) is 0 Å². The maximum absolute atomic E-state index is 8.88. The summed E-state index contributed by atoms with van der Waals surface area (Å²) in [5.74, 6) is 0.720. The number of benzene rings is 2. The lowest BCUT2D eigenvalue weighted by Crippen LogP contribution is -2.06. The minimum Gasteiger partial charge on any atom is -0.491 e. The van der Waals surface area contributed by atoms with Crippen LogP contribution < -0.4 is 15.8 Å². The Morgan fingerprint density at radius 1 is 1.24 bits per heavy atom. The molecule has 0 spiro atoms. The minimum atomic E-state index is 0.0845. The van der Waals surface area contributed by atoms with E-state index in [9.17, 15) is 0 Å². The van der Waals surface area contributed by atoms with Crippen LogP contribution in [0.4, 0.5) is 17.1 Å². The van der Waals surface area contributed by atoms with Gasteiger partial charge in [-0.15, -0.1) is 0 Å². The van der Waals surface area contributed by atoms with Crippen LogP contribution >= 0.6 is 15.9 Å². The van der Waals surface area contributed by atoms with Crippen LogP contribution in [0.5, 0.6) is 5.75 Å². The van der Waals surface area contributed by atoms with Gasteiger partial charge in [-0.1, -0.05) is 0 Å². The van der Waals surface area contributed by atoms with Gasteiger partial charge in [0.25, 0.3) is 0 Å². The lowest BCUT2D eigenvalue weighted by molar-refractivity contribution is 0.242. The molecule has 2 aromatic carbocycles. The number of anilines is 3. The molecule has 0 aliphatic heterocycles. The van der Waals surface area contributed by atoms with Gasteiger partial charge >= 0.3 is 0 Å². The van der Waals surface area contributed by atoms with Crippen LogP contribution in [-0.4, -0.2) is 6.10 Å². The maximum atomic E-state index is 8.88. The molecular weight excluding hydrogens is 330 g/mol. The highest BCUT2D eigenvalue weighted by atomic mass is 79.9. The Morgan fingerprint density at radius 2 is 2.00 bits per heavy atom. The van der Waals surface area contributed by atoms with E-state index < -0.39 is 0 Å². The maximum Gasteiger partial charge on any atom is 0.123 e. The summed E-state index contributed by atoms with van der Waals surface area (Å²) in [7, 11) is 0. The van der Waals surface area contributed by atoms with E-state index in [-0.39, 0.29) is 6.10 Å². The molecule has 0 unspecified atom stereocenters. The standard InChI is InChI=1S/C16H16BrN3O/c1-10(2)21-14-7-12(19)6-13(8-14)20-16-4-3-11(9-18)5-15(16)17/h3-8,10,20H,19H2,1-2H3. The molecule has 2 aromatic rings. The summed E-state index contributed by atoms with van der Waals surface area (Å²) >= 11 is 3.45. The van der Waals surface area contributed by atoms with Gasteiger partial charge in [-0.3, -0.25) is 0 Å². The van der Waals surface area contributed by atoms with Gasteiger partial charge in [0.1, 0.15) is 5.75 Å². The van der Waals surface area contributed by atoms with E-state index in [1.807, 2.05) is 32.0 Å². The summed E-state index contributed by atoms with van der Waals surface area (Å²) < 4.78 is 6.48. The molecule has 0 saturated carbocycles. The predicted molar refractivity (Wildman–Crippen MR) is 88.8 cm³/mol. The SMILES string of the molecule is CC(C)Oc1cc(N)cc(Nc2ccc(C#N)cc2Br)c1. The van der Waals surface area contributed by atoms with Crippen molar-refractivity contribution in [2.45, 2.75) is 20.0 Å². The topological polar surface area (TPSA) is 71.1 Å². The van der Waals surface area contributed by atoms with Gasteiger partial charge in [0.15, 0.2) is 0 Å². The van der Waals surface area contributed by atoms with E-state index in [4.69, 9.17) is 15.7 Å². The van der Waals surface area contributed by atoms with Crippen molar-refractivity contribution < 1.29 is 4.74 Å². The zero-order valence-electron chi connectivity index (χ0n) is 11.9. The van der Waals surface area contributed by atoms with E-state index in [0.29, 0.717) is 11.3 Å². The Balaban J connectivity index is 2.27. The Kier molecular flexibility index (Phi) is 4.71.